The number of ether oxygens (including phenoxy) is 2. The highest BCUT2D eigenvalue weighted by Gasteiger charge is 2.22. The second kappa shape index (κ2) is 6.32. The van der Waals surface area contributed by atoms with Gasteiger partial charge in [0.25, 0.3) is 0 Å². The molecule has 0 unspecified atom stereocenters. The van der Waals surface area contributed by atoms with Gasteiger partial charge in [0, 0.05) is 13.7 Å². The molecule has 2 amide bonds. The Morgan fingerprint density at radius 2 is 1.88 bits per heavy atom. The van der Waals surface area contributed by atoms with Crippen molar-refractivity contribution in [1.82, 2.24) is 4.90 Å². The van der Waals surface area contributed by atoms with E-state index in [4.69, 9.17) is 15.2 Å². The fourth-order valence-corrected chi connectivity index (χ4v) is 0.951. The topological polar surface area (TPSA) is 81.9 Å². The fraction of sp³-hybridized carbons (Fsp3) is 0.800. The summed E-state index contributed by atoms with van der Waals surface area (Å²) in [4.78, 5) is 23.6. The van der Waals surface area contributed by atoms with Crippen LogP contribution in [0.1, 0.15) is 20.8 Å². The zero-order valence-corrected chi connectivity index (χ0v) is 10.3. The summed E-state index contributed by atoms with van der Waals surface area (Å²) in [7, 11) is 1.51. The van der Waals surface area contributed by atoms with Crippen LogP contribution < -0.4 is 5.73 Å². The molecule has 0 rings (SSSR count). The van der Waals surface area contributed by atoms with Gasteiger partial charge in [-0.3, -0.25) is 9.69 Å². The molecule has 94 valence electrons. The monoisotopic (exact) mass is 232 g/mol. The number of rotatable bonds is 5. The van der Waals surface area contributed by atoms with Gasteiger partial charge in [-0.25, -0.2) is 4.79 Å². The first-order valence-electron chi connectivity index (χ1n) is 5.01. The Kier molecular flexibility index (Phi) is 5.81. The normalized spacial score (nSPS) is 11.0. The SMILES string of the molecule is COCCN(CC(N)=O)C(=O)OC(C)(C)C. The maximum absolute atomic E-state index is 11.6. The Labute approximate surface area is 95.7 Å². The van der Waals surface area contributed by atoms with Crippen LogP contribution in [0.15, 0.2) is 0 Å². The maximum Gasteiger partial charge on any atom is 0.410 e. The van der Waals surface area contributed by atoms with E-state index in [2.05, 4.69) is 0 Å². The van der Waals surface area contributed by atoms with Crippen molar-refractivity contribution in [2.45, 2.75) is 26.4 Å². The molecule has 0 aliphatic carbocycles. The van der Waals surface area contributed by atoms with E-state index < -0.39 is 17.6 Å². The third kappa shape index (κ3) is 7.05. The minimum absolute atomic E-state index is 0.168. The predicted octanol–water partition coefficient (Wildman–Crippen LogP) is 0.355. The van der Waals surface area contributed by atoms with Crippen molar-refractivity contribution in [1.29, 1.82) is 0 Å². The van der Waals surface area contributed by atoms with E-state index in [1.54, 1.807) is 20.8 Å². The van der Waals surface area contributed by atoms with Gasteiger partial charge in [0.1, 0.15) is 12.1 Å². The standard InChI is InChI=1S/C10H20N2O4/c1-10(2,3)16-9(14)12(5-6-15-4)7-8(11)13/h5-7H2,1-4H3,(H2,11,13). The third-order valence-electron chi connectivity index (χ3n) is 1.56. The van der Waals surface area contributed by atoms with E-state index in [1.807, 2.05) is 0 Å². The van der Waals surface area contributed by atoms with Crippen LogP contribution in [0.2, 0.25) is 0 Å². The minimum Gasteiger partial charge on any atom is -0.444 e. The maximum atomic E-state index is 11.6. The van der Waals surface area contributed by atoms with Crippen molar-refractivity contribution < 1.29 is 19.1 Å². The number of methoxy groups -OCH3 is 1. The number of amides is 2. The van der Waals surface area contributed by atoms with Crippen LogP contribution in [0.5, 0.6) is 0 Å². The highest BCUT2D eigenvalue weighted by Crippen LogP contribution is 2.09. The van der Waals surface area contributed by atoms with Gasteiger partial charge in [-0.1, -0.05) is 0 Å². The second-order valence-electron chi connectivity index (χ2n) is 4.36. The molecular formula is C10H20N2O4. The molecular weight excluding hydrogens is 212 g/mol. The summed E-state index contributed by atoms with van der Waals surface area (Å²) in [5.41, 5.74) is 4.44. The molecule has 0 aliphatic heterocycles. The van der Waals surface area contributed by atoms with Crippen molar-refractivity contribution in [2.24, 2.45) is 5.73 Å². The molecule has 0 saturated heterocycles. The van der Waals surface area contributed by atoms with Gasteiger partial charge in [-0.2, -0.15) is 0 Å². The van der Waals surface area contributed by atoms with Gasteiger partial charge >= 0.3 is 6.09 Å². The van der Waals surface area contributed by atoms with Crippen molar-refractivity contribution in [3.05, 3.63) is 0 Å². The van der Waals surface area contributed by atoms with E-state index in [9.17, 15) is 9.59 Å². The Morgan fingerprint density at radius 3 is 2.25 bits per heavy atom. The van der Waals surface area contributed by atoms with Gasteiger partial charge in [0.2, 0.25) is 5.91 Å². The molecule has 0 spiro atoms. The average Bonchev–Trinajstić information content (AvgIpc) is 2.08. The zero-order chi connectivity index (χ0) is 12.8. The van der Waals surface area contributed by atoms with Crippen LogP contribution in [0.25, 0.3) is 0 Å². The predicted molar refractivity (Wildman–Crippen MR) is 58.9 cm³/mol. The molecule has 2 N–H and O–H groups in total. The summed E-state index contributed by atoms with van der Waals surface area (Å²) < 4.78 is 9.95. The van der Waals surface area contributed by atoms with Crippen molar-refractivity contribution in [3.8, 4) is 0 Å². The molecule has 0 saturated carbocycles. The lowest BCUT2D eigenvalue weighted by Gasteiger charge is -2.26. The quantitative estimate of drug-likeness (QED) is 0.741. The third-order valence-corrected chi connectivity index (χ3v) is 1.56. The van der Waals surface area contributed by atoms with Gasteiger partial charge in [0.15, 0.2) is 0 Å². The van der Waals surface area contributed by atoms with Gasteiger partial charge in [-0.15, -0.1) is 0 Å². The number of primary amides is 1. The van der Waals surface area contributed by atoms with Gasteiger partial charge in [0.05, 0.1) is 6.61 Å². The second-order valence-corrected chi connectivity index (χ2v) is 4.36. The van der Waals surface area contributed by atoms with Crippen LogP contribution in [0.3, 0.4) is 0 Å². The number of carbonyl (C=O) groups excluding carboxylic acids is 2. The Hall–Kier alpha value is -1.30. The summed E-state index contributed by atoms with van der Waals surface area (Å²) >= 11 is 0. The molecule has 0 atom stereocenters. The zero-order valence-electron chi connectivity index (χ0n) is 10.3. The fourth-order valence-electron chi connectivity index (χ4n) is 0.951. The van der Waals surface area contributed by atoms with Crippen LogP contribution in [-0.4, -0.2) is 49.3 Å². The van der Waals surface area contributed by atoms with Crippen molar-refractivity contribution >= 4 is 12.0 Å². The molecule has 0 heterocycles. The largest absolute Gasteiger partial charge is 0.444 e. The Bertz CT molecular complexity index is 248. The Morgan fingerprint density at radius 1 is 1.31 bits per heavy atom. The van der Waals surface area contributed by atoms with E-state index in [0.29, 0.717) is 6.61 Å². The summed E-state index contributed by atoms with van der Waals surface area (Å²) in [5.74, 6) is -0.582. The first-order chi connectivity index (χ1) is 7.26. The lowest BCUT2D eigenvalue weighted by atomic mass is 10.2. The Balaban J connectivity index is 4.37. The summed E-state index contributed by atoms with van der Waals surface area (Å²) in [5, 5.41) is 0. The van der Waals surface area contributed by atoms with Gasteiger partial charge < -0.3 is 15.2 Å². The first kappa shape index (κ1) is 14.7. The molecule has 0 aromatic carbocycles. The van der Waals surface area contributed by atoms with Crippen LogP contribution >= 0.6 is 0 Å². The summed E-state index contributed by atoms with van der Waals surface area (Å²) in [6.07, 6.45) is -0.566. The van der Waals surface area contributed by atoms with Crippen LogP contribution in [0.4, 0.5) is 4.79 Å². The number of nitrogens with zero attached hydrogens (tertiary/aromatic N) is 1. The number of hydrogen-bond acceptors (Lipinski definition) is 4. The van der Waals surface area contributed by atoms with E-state index >= 15 is 0 Å². The number of carbonyl (C=O) groups is 2. The lowest BCUT2D eigenvalue weighted by Crippen LogP contribution is -2.43. The van der Waals surface area contributed by atoms with E-state index in [-0.39, 0.29) is 13.1 Å². The number of hydrogen-bond donors (Lipinski definition) is 1. The van der Waals surface area contributed by atoms with Gasteiger partial charge in [-0.05, 0) is 20.8 Å². The highest BCUT2D eigenvalue weighted by molar-refractivity contribution is 5.80. The minimum atomic E-state index is -0.597. The summed E-state index contributed by atoms with van der Waals surface area (Å²) in [6, 6.07) is 0. The lowest BCUT2D eigenvalue weighted by molar-refractivity contribution is -0.119. The van der Waals surface area contributed by atoms with E-state index in [0.717, 1.165) is 0 Å². The molecule has 0 aromatic heterocycles. The smallest absolute Gasteiger partial charge is 0.410 e. The molecule has 0 fully saturated rings. The number of nitrogens with two attached hydrogens (primary N) is 1. The molecule has 6 nitrogen and oxygen atoms in total. The molecule has 16 heavy (non-hydrogen) atoms. The molecule has 0 bridgehead atoms. The average molecular weight is 232 g/mol. The highest BCUT2D eigenvalue weighted by atomic mass is 16.6. The molecule has 6 heteroatoms. The van der Waals surface area contributed by atoms with Crippen molar-refractivity contribution in [2.75, 3.05) is 26.8 Å². The van der Waals surface area contributed by atoms with E-state index in [1.165, 1.54) is 12.0 Å². The van der Waals surface area contributed by atoms with Crippen LogP contribution in [-0.2, 0) is 14.3 Å². The first-order valence-corrected chi connectivity index (χ1v) is 5.01. The van der Waals surface area contributed by atoms with Crippen LogP contribution in [0, 0.1) is 0 Å². The summed E-state index contributed by atoms with van der Waals surface area (Å²) in [6.45, 7) is 5.69. The van der Waals surface area contributed by atoms with Crippen molar-refractivity contribution in [3.63, 3.8) is 0 Å². The molecule has 0 aliphatic rings. The molecule has 0 aromatic rings. The molecule has 0 radical (unpaired) electrons.